The molecule has 0 atom stereocenters. The Morgan fingerprint density at radius 2 is 1.71 bits per heavy atom. The molecule has 24 heavy (non-hydrogen) atoms. The van der Waals surface area contributed by atoms with E-state index in [2.05, 4.69) is 43.4 Å². The first-order valence-electron chi connectivity index (χ1n) is 7.94. The first-order valence-corrected chi connectivity index (χ1v) is 7.94. The van der Waals surface area contributed by atoms with E-state index in [0.717, 1.165) is 16.9 Å². The number of hydrazone groups is 1. The van der Waals surface area contributed by atoms with Crippen molar-refractivity contribution >= 4 is 12.1 Å². The van der Waals surface area contributed by atoms with Gasteiger partial charge in [0.15, 0.2) is 0 Å². The van der Waals surface area contributed by atoms with Crippen LogP contribution in [0.1, 0.15) is 37.5 Å². The molecule has 0 saturated carbocycles. The quantitative estimate of drug-likeness (QED) is 0.674. The van der Waals surface area contributed by atoms with E-state index >= 15 is 0 Å². The molecule has 0 fully saturated rings. The van der Waals surface area contributed by atoms with Crippen molar-refractivity contribution in [2.24, 2.45) is 5.10 Å². The van der Waals surface area contributed by atoms with Crippen molar-refractivity contribution in [1.82, 2.24) is 5.43 Å². The number of carbonyl (C=O) groups is 1. The second-order valence-corrected chi connectivity index (χ2v) is 6.69. The second kappa shape index (κ2) is 7.77. The third-order valence-corrected chi connectivity index (χ3v) is 3.70. The van der Waals surface area contributed by atoms with Crippen LogP contribution in [0.3, 0.4) is 0 Å². The van der Waals surface area contributed by atoms with E-state index in [1.54, 1.807) is 13.3 Å². The van der Waals surface area contributed by atoms with Gasteiger partial charge in [-0.05, 0) is 34.2 Å². The van der Waals surface area contributed by atoms with Gasteiger partial charge < -0.3 is 4.74 Å². The zero-order valence-electron chi connectivity index (χ0n) is 14.7. The van der Waals surface area contributed by atoms with Crippen molar-refractivity contribution < 1.29 is 9.53 Å². The summed E-state index contributed by atoms with van der Waals surface area (Å²) in [5, 5.41) is 4.01. The lowest BCUT2D eigenvalue weighted by molar-refractivity contribution is -0.120. The van der Waals surface area contributed by atoms with Crippen LogP contribution in [-0.4, -0.2) is 19.2 Å². The number of carbonyl (C=O) groups excluding carboxylic acids is 1. The lowest BCUT2D eigenvalue weighted by Gasteiger charge is -2.18. The number of ether oxygens (including phenoxy) is 1. The number of methoxy groups -OCH3 is 1. The number of amides is 1. The molecule has 0 aliphatic rings. The minimum atomic E-state index is -0.150. The molecule has 1 N–H and O–H groups in total. The van der Waals surface area contributed by atoms with Gasteiger partial charge in [-0.3, -0.25) is 4.79 Å². The monoisotopic (exact) mass is 324 g/mol. The summed E-state index contributed by atoms with van der Waals surface area (Å²) in [6.07, 6.45) is 1.93. The molecule has 1 amide bonds. The Morgan fingerprint density at radius 1 is 1.08 bits per heavy atom. The number of rotatable bonds is 5. The molecule has 2 rings (SSSR count). The topological polar surface area (TPSA) is 50.7 Å². The summed E-state index contributed by atoms with van der Waals surface area (Å²) in [7, 11) is 1.62. The molecule has 0 aliphatic heterocycles. The number of hydrogen-bond donors (Lipinski definition) is 1. The van der Waals surface area contributed by atoms with Crippen molar-refractivity contribution in [2.75, 3.05) is 7.11 Å². The van der Waals surface area contributed by atoms with Crippen LogP contribution in [0.4, 0.5) is 0 Å². The molecule has 0 heterocycles. The van der Waals surface area contributed by atoms with Gasteiger partial charge in [0.2, 0.25) is 5.91 Å². The summed E-state index contributed by atoms with van der Waals surface area (Å²) in [5.74, 6) is 0.624. The molecule has 4 nitrogen and oxygen atoms in total. The maximum Gasteiger partial charge on any atom is 0.244 e. The van der Waals surface area contributed by atoms with Gasteiger partial charge in [0, 0.05) is 0 Å². The Morgan fingerprint density at radius 3 is 2.25 bits per heavy atom. The molecule has 0 bridgehead atoms. The minimum Gasteiger partial charge on any atom is -0.497 e. The van der Waals surface area contributed by atoms with Crippen LogP contribution in [-0.2, 0) is 16.6 Å². The van der Waals surface area contributed by atoms with Crippen LogP contribution in [0.5, 0.6) is 5.75 Å². The van der Waals surface area contributed by atoms with Crippen LogP contribution < -0.4 is 10.2 Å². The highest BCUT2D eigenvalue weighted by atomic mass is 16.5. The fraction of sp³-hybridized carbons (Fsp3) is 0.300. The van der Waals surface area contributed by atoms with Crippen molar-refractivity contribution in [3.63, 3.8) is 0 Å². The fourth-order valence-corrected chi connectivity index (χ4v) is 2.22. The van der Waals surface area contributed by atoms with Crippen LogP contribution in [0.2, 0.25) is 0 Å². The molecule has 4 heteroatoms. The van der Waals surface area contributed by atoms with E-state index in [1.807, 2.05) is 36.4 Å². The lowest BCUT2D eigenvalue weighted by Crippen LogP contribution is -2.19. The van der Waals surface area contributed by atoms with E-state index in [4.69, 9.17) is 4.74 Å². The summed E-state index contributed by atoms with van der Waals surface area (Å²) in [5.41, 5.74) is 5.81. The highest BCUT2D eigenvalue weighted by Gasteiger charge is 2.12. The summed E-state index contributed by atoms with van der Waals surface area (Å²) in [4.78, 5) is 11.9. The van der Waals surface area contributed by atoms with E-state index in [9.17, 15) is 4.79 Å². The zero-order valence-corrected chi connectivity index (χ0v) is 14.7. The zero-order chi connectivity index (χ0) is 17.6. The van der Waals surface area contributed by atoms with Crippen molar-refractivity contribution in [3.05, 3.63) is 65.2 Å². The summed E-state index contributed by atoms with van der Waals surface area (Å²) < 4.78 is 5.09. The predicted molar refractivity (Wildman–Crippen MR) is 97.6 cm³/mol. The maximum absolute atomic E-state index is 11.9. The Bertz CT molecular complexity index is 696. The number of nitrogens with one attached hydrogen (secondary N) is 1. The standard InChI is InChI=1S/C20H24N2O2/c1-20(2,3)17-9-5-16(6-10-17)14-21-22-19(23)13-15-7-11-18(24-4)12-8-15/h5-12,14H,13H2,1-4H3,(H,22,23). The molecular formula is C20H24N2O2. The second-order valence-electron chi connectivity index (χ2n) is 6.69. The molecule has 0 spiro atoms. The largest absolute Gasteiger partial charge is 0.497 e. The Kier molecular flexibility index (Phi) is 5.74. The third kappa shape index (κ3) is 5.23. The predicted octanol–water partition coefficient (Wildman–Crippen LogP) is 3.69. The molecule has 0 aromatic heterocycles. The molecule has 2 aromatic rings. The first-order chi connectivity index (χ1) is 11.4. The average molecular weight is 324 g/mol. The summed E-state index contributed by atoms with van der Waals surface area (Å²) >= 11 is 0. The van der Waals surface area contributed by atoms with Crippen LogP contribution >= 0.6 is 0 Å². The normalized spacial score (nSPS) is 11.5. The number of hydrogen-bond acceptors (Lipinski definition) is 3. The van der Waals surface area contributed by atoms with Crippen molar-refractivity contribution in [3.8, 4) is 5.75 Å². The van der Waals surface area contributed by atoms with Crippen molar-refractivity contribution in [2.45, 2.75) is 32.6 Å². The smallest absolute Gasteiger partial charge is 0.244 e. The Labute approximate surface area is 143 Å². The van der Waals surface area contributed by atoms with Crippen LogP contribution in [0.25, 0.3) is 0 Å². The van der Waals surface area contributed by atoms with Gasteiger partial charge in [-0.2, -0.15) is 5.10 Å². The first kappa shape index (κ1) is 17.7. The molecule has 0 unspecified atom stereocenters. The molecule has 2 aromatic carbocycles. The molecule has 0 radical (unpaired) electrons. The molecule has 126 valence electrons. The van der Waals surface area contributed by atoms with E-state index < -0.39 is 0 Å². The van der Waals surface area contributed by atoms with E-state index in [-0.39, 0.29) is 17.7 Å². The Hall–Kier alpha value is -2.62. The van der Waals surface area contributed by atoms with Gasteiger partial charge in [0.25, 0.3) is 0 Å². The highest BCUT2D eigenvalue weighted by Crippen LogP contribution is 2.21. The summed E-state index contributed by atoms with van der Waals surface area (Å²) in [6, 6.07) is 15.6. The van der Waals surface area contributed by atoms with Gasteiger partial charge in [-0.15, -0.1) is 0 Å². The highest BCUT2D eigenvalue weighted by molar-refractivity contribution is 5.83. The van der Waals surface area contributed by atoms with Gasteiger partial charge in [0.1, 0.15) is 5.75 Å². The molecule has 0 aliphatic carbocycles. The maximum atomic E-state index is 11.9. The SMILES string of the molecule is COc1ccc(CC(=O)NN=Cc2ccc(C(C)(C)C)cc2)cc1. The Balaban J connectivity index is 1.87. The summed E-state index contributed by atoms with van der Waals surface area (Å²) in [6.45, 7) is 6.53. The number of benzene rings is 2. The van der Waals surface area contributed by atoms with Crippen molar-refractivity contribution in [1.29, 1.82) is 0 Å². The van der Waals surface area contributed by atoms with Gasteiger partial charge in [-0.1, -0.05) is 57.2 Å². The fourth-order valence-electron chi connectivity index (χ4n) is 2.22. The lowest BCUT2D eigenvalue weighted by atomic mass is 9.87. The minimum absolute atomic E-state index is 0.127. The van der Waals surface area contributed by atoms with Gasteiger partial charge in [-0.25, -0.2) is 5.43 Å². The van der Waals surface area contributed by atoms with Gasteiger partial charge in [0.05, 0.1) is 19.7 Å². The number of nitrogens with zero attached hydrogens (tertiary/aromatic N) is 1. The van der Waals surface area contributed by atoms with E-state index in [0.29, 0.717) is 0 Å². The van der Waals surface area contributed by atoms with Crippen LogP contribution in [0.15, 0.2) is 53.6 Å². The van der Waals surface area contributed by atoms with E-state index in [1.165, 1.54) is 5.56 Å². The molecular weight excluding hydrogens is 300 g/mol. The van der Waals surface area contributed by atoms with Crippen LogP contribution in [0, 0.1) is 0 Å². The molecule has 0 saturated heterocycles. The third-order valence-electron chi connectivity index (χ3n) is 3.70. The van der Waals surface area contributed by atoms with Gasteiger partial charge >= 0.3 is 0 Å². The average Bonchev–Trinajstić information content (AvgIpc) is 2.55.